The van der Waals surface area contributed by atoms with Gasteiger partial charge in [-0.05, 0) is 31.4 Å². The highest BCUT2D eigenvalue weighted by atomic mass is 19.1. The van der Waals surface area contributed by atoms with Crippen LogP contribution in [-0.2, 0) is 5.54 Å². The fraction of sp³-hybridized carbons (Fsp3) is 0.538. The van der Waals surface area contributed by atoms with Crippen molar-refractivity contribution < 1.29 is 9.50 Å². The van der Waals surface area contributed by atoms with Crippen LogP contribution in [0.4, 0.5) is 4.39 Å². The Kier molecular flexibility index (Phi) is 2.89. The highest BCUT2D eigenvalue weighted by Crippen LogP contribution is 2.37. The summed E-state index contributed by atoms with van der Waals surface area (Å²) in [4.78, 5) is 0. The molecule has 1 aromatic carbocycles. The molecule has 0 atom stereocenters. The summed E-state index contributed by atoms with van der Waals surface area (Å²) in [7, 11) is 0. The second-order valence-corrected chi connectivity index (χ2v) is 4.84. The molecule has 0 amide bonds. The Morgan fingerprint density at radius 2 is 1.88 bits per heavy atom. The molecular weight excluding hydrogens is 205 g/mol. The number of hydrogen-bond donors (Lipinski definition) is 2. The molecule has 3 heteroatoms. The smallest absolute Gasteiger partial charge is 0.131 e. The van der Waals surface area contributed by atoms with Gasteiger partial charge < -0.3 is 10.8 Å². The summed E-state index contributed by atoms with van der Waals surface area (Å²) in [5.74, 6) is -0.381. The van der Waals surface area contributed by atoms with Crippen LogP contribution in [-0.4, -0.2) is 5.11 Å². The van der Waals surface area contributed by atoms with Crippen molar-refractivity contribution in [1.29, 1.82) is 0 Å². The van der Waals surface area contributed by atoms with E-state index in [0.717, 1.165) is 25.7 Å². The summed E-state index contributed by atoms with van der Waals surface area (Å²) < 4.78 is 13.8. The highest BCUT2D eigenvalue weighted by Gasteiger charge is 2.32. The van der Waals surface area contributed by atoms with Gasteiger partial charge in [-0.2, -0.15) is 0 Å². The monoisotopic (exact) mass is 223 g/mol. The molecule has 0 aliphatic heterocycles. The number of phenolic OH excluding ortho intramolecular Hbond substituents is 1. The van der Waals surface area contributed by atoms with E-state index in [2.05, 4.69) is 0 Å². The molecule has 1 saturated carbocycles. The maximum atomic E-state index is 13.8. The maximum Gasteiger partial charge on any atom is 0.131 e. The zero-order valence-corrected chi connectivity index (χ0v) is 9.59. The Hall–Kier alpha value is -1.09. The lowest BCUT2D eigenvalue weighted by Crippen LogP contribution is -2.39. The van der Waals surface area contributed by atoms with Crippen LogP contribution in [0.1, 0.15) is 43.2 Å². The third-order valence-corrected chi connectivity index (χ3v) is 3.57. The molecule has 2 rings (SSSR count). The Morgan fingerprint density at radius 1 is 1.25 bits per heavy atom. The second kappa shape index (κ2) is 4.06. The zero-order valence-electron chi connectivity index (χ0n) is 9.59. The van der Waals surface area contributed by atoms with Gasteiger partial charge in [-0.15, -0.1) is 0 Å². The van der Waals surface area contributed by atoms with E-state index >= 15 is 0 Å². The summed E-state index contributed by atoms with van der Waals surface area (Å²) in [6.45, 7) is 1.77. The molecule has 2 nitrogen and oxygen atoms in total. The number of hydrogen-bond acceptors (Lipinski definition) is 2. The third kappa shape index (κ3) is 1.92. The molecule has 16 heavy (non-hydrogen) atoms. The third-order valence-electron chi connectivity index (χ3n) is 3.57. The molecule has 0 bridgehead atoms. The van der Waals surface area contributed by atoms with Gasteiger partial charge in [0.15, 0.2) is 0 Å². The van der Waals surface area contributed by atoms with Gasteiger partial charge >= 0.3 is 0 Å². The first-order valence-corrected chi connectivity index (χ1v) is 5.81. The molecule has 0 spiro atoms. The minimum atomic E-state index is -0.541. The molecule has 0 aromatic heterocycles. The van der Waals surface area contributed by atoms with E-state index in [1.165, 1.54) is 12.5 Å². The predicted molar refractivity (Wildman–Crippen MR) is 61.8 cm³/mol. The lowest BCUT2D eigenvalue weighted by molar-refractivity contribution is 0.292. The van der Waals surface area contributed by atoms with Crippen LogP contribution in [0.3, 0.4) is 0 Å². The predicted octanol–water partition coefficient (Wildman–Crippen LogP) is 2.96. The van der Waals surface area contributed by atoms with E-state index in [1.807, 2.05) is 0 Å². The first-order valence-electron chi connectivity index (χ1n) is 5.81. The summed E-state index contributed by atoms with van der Waals surface area (Å²) >= 11 is 0. The van der Waals surface area contributed by atoms with Gasteiger partial charge in [0.1, 0.15) is 11.6 Å². The van der Waals surface area contributed by atoms with E-state index < -0.39 is 5.54 Å². The topological polar surface area (TPSA) is 46.2 Å². The average molecular weight is 223 g/mol. The summed E-state index contributed by atoms with van der Waals surface area (Å²) in [6.07, 6.45) is 4.94. The number of aromatic hydroxyl groups is 1. The van der Waals surface area contributed by atoms with E-state index in [0.29, 0.717) is 11.1 Å². The van der Waals surface area contributed by atoms with Gasteiger partial charge in [-0.1, -0.05) is 19.3 Å². The maximum absolute atomic E-state index is 13.8. The van der Waals surface area contributed by atoms with Crippen molar-refractivity contribution in [3.05, 3.63) is 29.1 Å². The van der Waals surface area contributed by atoms with Crippen LogP contribution in [0.15, 0.2) is 12.1 Å². The lowest BCUT2D eigenvalue weighted by atomic mass is 9.77. The quantitative estimate of drug-likeness (QED) is 0.768. The van der Waals surface area contributed by atoms with Crippen LogP contribution < -0.4 is 5.73 Å². The minimum Gasteiger partial charge on any atom is -0.508 e. The Balaban J connectivity index is 2.42. The van der Waals surface area contributed by atoms with Gasteiger partial charge in [0.25, 0.3) is 0 Å². The molecule has 1 aromatic rings. The second-order valence-electron chi connectivity index (χ2n) is 4.84. The SMILES string of the molecule is Cc1cc(C2(N)CCCCC2)c(F)cc1O. The van der Waals surface area contributed by atoms with Crippen molar-refractivity contribution >= 4 is 0 Å². The van der Waals surface area contributed by atoms with E-state index in [-0.39, 0.29) is 11.6 Å². The van der Waals surface area contributed by atoms with Crippen molar-refractivity contribution in [1.82, 2.24) is 0 Å². The van der Waals surface area contributed by atoms with E-state index in [9.17, 15) is 9.50 Å². The molecule has 1 fully saturated rings. The summed E-state index contributed by atoms with van der Waals surface area (Å²) in [5.41, 5.74) is 6.98. The number of benzene rings is 1. The summed E-state index contributed by atoms with van der Waals surface area (Å²) in [5, 5.41) is 9.43. The summed E-state index contributed by atoms with van der Waals surface area (Å²) in [6, 6.07) is 2.86. The van der Waals surface area contributed by atoms with Crippen molar-refractivity contribution in [2.45, 2.75) is 44.6 Å². The fourth-order valence-electron chi connectivity index (χ4n) is 2.50. The molecule has 1 aliphatic carbocycles. The van der Waals surface area contributed by atoms with Gasteiger partial charge in [0, 0.05) is 17.2 Å². The van der Waals surface area contributed by atoms with Gasteiger partial charge in [0.2, 0.25) is 0 Å². The standard InChI is InChI=1S/C13H18FNO/c1-9-7-10(11(14)8-12(9)16)13(15)5-3-2-4-6-13/h7-8,16H,2-6,15H2,1H3. The molecule has 0 unspecified atom stereocenters. The van der Waals surface area contributed by atoms with Gasteiger partial charge in [-0.25, -0.2) is 4.39 Å². The minimum absolute atomic E-state index is 0.000611. The largest absolute Gasteiger partial charge is 0.508 e. The van der Waals surface area contributed by atoms with Crippen molar-refractivity contribution in [3.63, 3.8) is 0 Å². The first-order chi connectivity index (χ1) is 7.53. The fourth-order valence-corrected chi connectivity index (χ4v) is 2.50. The van der Waals surface area contributed by atoms with Crippen LogP contribution in [0.25, 0.3) is 0 Å². The van der Waals surface area contributed by atoms with Crippen molar-refractivity contribution in [2.75, 3.05) is 0 Å². The Bertz CT molecular complexity index is 397. The van der Waals surface area contributed by atoms with Crippen LogP contribution in [0.2, 0.25) is 0 Å². The van der Waals surface area contributed by atoms with Crippen LogP contribution in [0.5, 0.6) is 5.75 Å². The lowest BCUT2D eigenvalue weighted by Gasteiger charge is -2.34. The number of aryl methyl sites for hydroxylation is 1. The van der Waals surface area contributed by atoms with Crippen LogP contribution >= 0.6 is 0 Å². The Morgan fingerprint density at radius 3 is 2.50 bits per heavy atom. The average Bonchev–Trinajstić information content (AvgIpc) is 2.24. The van der Waals surface area contributed by atoms with Gasteiger partial charge in [0.05, 0.1) is 0 Å². The van der Waals surface area contributed by atoms with E-state index in [1.54, 1.807) is 13.0 Å². The number of nitrogens with two attached hydrogens (primary N) is 1. The first kappa shape index (κ1) is 11.4. The number of rotatable bonds is 1. The molecular formula is C13H18FNO. The van der Waals surface area contributed by atoms with Crippen LogP contribution in [0, 0.1) is 12.7 Å². The molecule has 1 aliphatic rings. The van der Waals surface area contributed by atoms with Crippen molar-refractivity contribution in [3.8, 4) is 5.75 Å². The number of phenols is 1. The van der Waals surface area contributed by atoms with Crippen molar-refractivity contribution in [2.24, 2.45) is 5.73 Å². The van der Waals surface area contributed by atoms with Gasteiger partial charge in [-0.3, -0.25) is 0 Å². The highest BCUT2D eigenvalue weighted by molar-refractivity contribution is 5.39. The molecule has 88 valence electrons. The number of halogens is 1. The molecule has 3 N–H and O–H groups in total. The van der Waals surface area contributed by atoms with E-state index in [4.69, 9.17) is 5.73 Å². The normalized spacial score (nSPS) is 19.7. The molecule has 0 heterocycles. The molecule has 0 saturated heterocycles. The molecule has 0 radical (unpaired) electrons. The zero-order chi connectivity index (χ0) is 11.8. The Labute approximate surface area is 95.3 Å².